The number of thioether (sulfide) groups is 1. The number of hydrogen-bond donors (Lipinski definition) is 8. The van der Waals surface area contributed by atoms with Gasteiger partial charge in [0.05, 0.1) is 38.1 Å². The van der Waals surface area contributed by atoms with Crippen molar-refractivity contribution in [3.05, 3.63) is 12.0 Å². The van der Waals surface area contributed by atoms with Crippen molar-refractivity contribution in [1.82, 2.24) is 41.9 Å². The summed E-state index contributed by atoms with van der Waals surface area (Å²) >= 11 is 1.78. The first-order valence-corrected chi connectivity index (χ1v) is 18.7. The Morgan fingerprint density at radius 2 is 1.85 bits per heavy atom. The molecule has 10 N–H and O–H groups in total. The third kappa shape index (κ3) is 5.88. The van der Waals surface area contributed by atoms with Crippen molar-refractivity contribution in [1.29, 1.82) is 0 Å². The van der Waals surface area contributed by atoms with E-state index in [2.05, 4.69) is 41.9 Å². The summed E-state index contributed by atoms with van der Waals surface area (Å²) in [6.07, 6.45) is 8.46. The van der Waals surface area contributed by atoms with Gasteiger partial charge in [-0.05, 0) is 50.5 Å². The monoisotopic (exact) mass is 660 g/mol. The number of nitrogens with two attached hydrogens (primary N) is 2. The molecule has 5 saturated heterocycles. The fourth-order valence-electron chi connectivity index (χ4n) is 9.80. The first-order chi connectivity index (χ1) is 22.5. The van der Waals surface area contributed by atoms with Crippen LogP contribution in [0.5, 0.6) is 0 Å². The molecule has 0 aromatic rings. The molecule has 0 aromatic carbocycles. The highest BCUT2D eigenvalue weighted by atomic mass is 32.2. The number of rotatable bonds is 7. The quantitative estimate of drug-likeness (QED) is 0.151. The number of nitrogens with one attached hydrogen (secondary N) is 6. The molecule has 13 atom stereocenters. The van der Waals surface area contributed by atoms with E-state index >= 15 is 0 Å². The second-order valence-electron chi connectivity index (χ2n) is 14.5. The minimum Gasteiger partial charge on any atom is -0.474 e. The number of carbonyl (C=O) groups is 2. The molecule has 2 aliphatic carbocycles. The van der Waals surface area contributed by atoms with Crippen LogP contribution in [0.2, 0.25) is 0 Å². The average Bonchev–Trinajstić information content (AvgIpc) is 3.83. The van der Waals surface area contributed by atoms with E-state index < -0.39 is 5.92 Å². The molecule has 6 aliphatic heterocycles. The van der Waals surface area contributed by atoms with Gasteiger partial charge in [-0.15, -0.1) is 11.8 Å². The Morgan fingerprint density at radius 1 is 1.00 bits per heavy atom. The molecular weight excluding hydrogens is 608 g/mol. The molecule has 1 amide bonds. The average molecular weight is 661 g/mol. The van der Waals surface area contributed by atoms with Gasteiger partial charge in [0.25, 0.3) is 0 Å². The van der Waals surface area contributed by atoms with Gasteiger partial charge < -0.3 is 31.2 Å². The molecule has 2 saturated carbocycles. The molecule has 46 heavy (non-hydrogen) atoms. The van der Waals surface area contributed by atoms with Gasteiger partial charge >= 0.3 is 0 Å². The van der Waals surface area contributed by atoms with Gasteiger partial charge in [-0.1, -0.05) is 12.8 Å². The van der Waals surface area contributed by atoms with Gasteiger partial charge in [-0.25, -0.2) is 5.43 Å². The predicted octanol–water partition coefficient (Wildman–Crippen LogP) is -1.93. The lowest BCUT2D eigenvalue weighted by atomic mass is 9.67. The Kier molecular flexibility index (Phi) is 9.25. The predicted molar refractivity (Wildman–Crippen MR) is 173 cm³/mol. The number of allylic oxidation sites excluding steroid dienone is 1. The van der Waals surface area contributed by atoms with Crippen LogP contribution in [0.25, 0.3) is 0 Å². The first-order valence-electron chi connectivity index (χ1n) is 17.6. The lowest BCUT2D eigenvalue weighted by Crippen LogP contribution is -2.78. The summed E-state index contributed by atoms with van der Waals surface area (Å²) in [5.74, 6) is 2.37. The van der Waals surface area contributed by atoms with Crippen LogP contribution in [-0.2, 0) is 19.1 Å². The van der Waals surface area contributed by atoms with Crippen molar-refractivity contribution in [2.75, 3.05) is 45.3 Å². The van der Waals surface area contributed by atoms with Crippen LogP contribution in [0, 0.1) is 23.7 Å². The number of hydrogen-bond acceptors (Lipinski definition) is 14. The lowest BCUT2D eigenvalue weighted by Gasteiger charge is -2.50. The van der Waals surface area contributed by atoms with Gasteiger partial charge in [0, 0.05) is 55.0 Å². The smallest absolute Gasteiger partial charge is 0.226 e. The highest BCUT2D eigenvalue weighted by Crippen LogP contribution is 2.49. The van der Waals surface area contributed by atoms with E-state index in [0.29, 0.717) is 37.6 Å². The SMILES string of the molecule is NC(=O)C1C(NC2CCC(C3CSC4C(=O)C=C(N5CCOCC5)OC43)C3CCNC23)NC(N[C@H]2CCCC[C@H]2N)N2NCNC12. The molecule has 15 heteroatoms. The Labute approximate surface area is 275 Å². The highest BCUT2D eigenvalue weighted by molar-refractivity contribution is 8.01. The summed E-state index contributed by atoms with van der Waals surface area (Å²) in [5, 5.41) is 20.7. The maximum atomic E-state index is 13.3. The Hall–Kier alpha value is -1.53. The number of primary amides is 1. The van der Waals surface area contributed by atoms with Crippen LogP contribution in [0.4, 0.5) is 0 Å². The minimum absolute atomic E-state index is 0.0831. The fraction of sp³-hybridized carbons (Fsp3) is 0.871. The molecule has 7 fully saturated rings. The topological polar surface area (TPSA) is 183 Å². The van der Waals surface area contributed by atoms with E-state index in [-0.39, 0.29) is 65.8 Å². The largest absolute Gasteiger partial charge is 0.474 e. The number of hydrazine groups is 1. The zero-order valence-corrected chi connectivity index (χ0v) is 27.4. The van der Waals surface area contributed by atoms with Crippen LogP contribution < -0.4 is 43.5 Å². The molecule has 256 valence electrons. The van der Waals surface area contributed by atoms with E-state index in [9.17, 15) is 9.59 Å². The third-order valence-corrected chi connectivity index (χ3v) is 13.5. The number of nitrogens with zero attached hydrogens (tertiary/aromatic N) is 2. The molecule has 0 bridgehead atoms. The van der Waals surface area contributed by atoms with Crippen LogP contribution in [-0.4, -0.2) is 121 Å². The van der Waals surface area contributed by atoms with Gasteiger partial charge in [0.2, 0.25) is 5.91 Å². The van der Waals surface area contributed by atoms with Crippen molar-refractivity contribution in [3.63, 3.8) is 0 Å². The number of ether oxygens (including phenoxy) is 2. The number of amides is 1. The molecular formula is C31H52N10O4S. The number of fused-ring (bicyclic) bond motifs is 3. The van der Waals surface area contributed by atoms with Crippen molar-refractivity contribution >= 4 is 23.5 Å². The van der Waals surface area contributed by atoms with Crippen molar-refractivity contribution in [3.8, 4) is 0 Å². The summed E-state index contributed by atoms with van der Waals surface area (Å²) in [7, 11) is 0. The minimum atomic E-state index is -0.468. The van der Waals surface area contributed by atoms with E-state index in [4.69, 9.17) is 20.9 Å². The van der Waals surface area contributed by atoms with Crippen molar-refractivity contribution in [2.24, 2.45) is 35.1 Å². The standard InChI is InChI=1S/C31H52N10O4S/c32-19-3-1-2-4-20(19)38-31-39-29(24(28(33)43)30-35-15-36-41(30)31)37-21-6-5-16(17-7-8-34-25(17)21)18-14-46-27-22(42)13-23(45-26(18)27)40-9-11-44-12-10-40/h13,16-21,24-27,29-31,34-39H,1-12,14-15,32H2,(H2,33,43)/t16?,17?,18?,19-,20+,21?,24?,25?,26?,27?,29?,30?,31?/m1/s1. The lowest BCUT2D eigenvalue weighted by molar-refractivity contribution is -0.132. The summed E-state index contributed by atoms with van der Waals surface area (Å²) in [4.78, 5) is 28.4. The van der Waals surface area contributed by atoms with E-state index in [1.807, 2.05) is 0 Å². The summed E-state index contributed by atoms with van der Waals surface area (Å²) in [6, 6.07) is 0.777. The van der Waals surface area contributed by atoms with Gasteiger partial charge in [-0.3, -0.25) is 30.9 Å². The molecule has 11 unspecified atom stereocenters. The number of carbonyl (C=O) groups excluding carboxylic acids is 2. The Morgan fingerprint density at radius 3 is 2.67 bits per heavy atom. The normalized spacial score (nSPS) is 46.3. The van der Waals surface area contributed by atoms with Crippen LogP contribution in [0.3, 0.4) is 0 Å². The zero-order chi connectivity index (χ0) is 31.4. The van der Waals surface area contributed by atoms with E-state index in [0.717, 1.165) is 63.4 Å². The van der Waals surface area contributed by atoms with Gasteiger partial charge in [0.1, 0.15) is 17.6 Å². The zero-order valence-electron chi connectivity index (χ0n) is 26.6. The Balaban J connectivity index is 0.969. The van der Waals surface area contributed by atoms with Crippen molar-refractivity contribution in [2.45, 2.75) is 99.1 Å². The first kappa shape index (κ1) is 31.7. The maximum absolute atomic E-state index is 13.3. The molecule has 0 radical (unpaired) electrons. The molecule has 6 heterocycles. The van der Waals surface area contributed by atoms with Gasteiger partial charge in [0.15, 0.2) is 11.7 Å². The van der Waals surface area contributed by atoms with Gasteiger partial charge in [-0.2, -0.15) is 5.01 Å². The van der Waals surface area contributed by atoms with E-state index in [1.165, 1.54) is 12.8 Å². The molecule has 8 rings (SSSR count). The highest BCUT2D eigenvalue weighted by Gasteiger charge is 2.55. The molecule has 0 aromatic heterocycles. The summed E-state index contributed by atoms with van der Waals surface area (Å²) < 4.78 is 12.2. The Bertz CT molecular complexity index is 1180. The van der Waals surface area contributed by atoms with Crippen LogP contribution in [0.1, 0.15) is 44.9 Å². The second kappa shape index (κ2) is 13.4. The molecule has 8 aliphatic rings. The van der Waals surface area contributed by atoms with E-state index in [1.54, 1.807) is 17.8 Å². The third-order valence-electron chi connectivity index (χ3n) is 12.1. The van der Waals surface area contributed by atoms with Crippen molar-refractivity contribution < 1.29 is 19.1 Å². The van der Waals surface area contributed by atoms with Crippen LogP contribution in [0.15, 0.2) is 12.0 Å². The summed E-state index contributed by atoms with van der Waals surface area (Å²) in [6.45, 7) is 4.39. The second-order valence-corrected chi connectivity index (χ2v) is 15.7. The molecule has 0 spiro atoms. The number of ketones is 1. The number of morpholine rings is 1. The fourth-order valence-corrected chi connectivity index (χ4v) is 11.3. The van der Waals surface area contributed by atoms with Crippen LogP contribution >= 0.6 is 11.8 Å². The summed E-state index contributed by atoms with van der Waals surface area (Å²) in [5.41, 5.74) is 16.0. The maximum Gasteiger partial charge on any atom is 0.226 e. The molecule has 14 nitrogen and oxygen atoms in total.